The summed E-state index contributed by atoms with van der Waals surface area (Å²) in [5.41, 5.74) is 0. The summed E-state index contributed by atoms with van der Waals surface area (Å²) in [7, 11) is 0. The van der Waals surface area contributed by atoms with E-state index in [1.54, 1.807) is 0 Å². The normalized spacial score (nSPS) is 34.7. The zero-order valence-electron chi connectivity index (χ0n) is 9.08. The zero-order valence-corrected chi connectivity index (χ0v) is 9.08. The molecule has 0 radical (unpaired) electrons. The maximum Gasteiger partial charge on any atom is 0.0791 e. The minimum absolute atomic E-state index is 0.180. The first-order chi connectivity index (χ1) is 6.75. The maximum atomic E-state index is 9.77. The van der Waals surface area contributed by atoms with Crippen molar-refractivity contribution in [2.45, 2.75) is 38.3 Å². The fourth-order valence-electron chi connectivity index (χ4n) is 2.22. The van der Waals surface area contributed by atoms with Crippen LogP contribution in [-0.4, -0.2) is 48.3 Å². The molecule has 14 heavy (non-hydrogen) atoms. The molecular formula is C11H22N2O. The van der Waals surface area contributed by atoms with Gasteiger partial charge in [-0.2, -0.15) is 0 Å². The molecule has 2 N–H and O–H groups in total. The summed E-state index contributed by atoms with van der Waals surface area (Å²) in [6, 6.07) is 0.684. The summed E-state index contributed by atoms with van der Waals surface area (Å²) in [5, 5.41) is 13.2. The molecule has 0 amide bonds. The van der Waals surface area contributed by atoms with Gasteiger partial charge in [-0.1, -0.05) is 6.92 Å². The zero-order chi connectivity index (χ0) is 9.97. The van der Waals surface area contributed by atoms with Crippen LogP contribution in [0, 0.1) is 5.92 Å². The number of aliphatic hydroxyl groups excluding tert-OH is 1. The van der Waals surface area contributed by atoms with Gasteiger partial charge >= 0.3 is 0 Å². The summed E-state index contributed by atoms with van der Waals surface area (Å²) in [6.07, 6.45) is 3.72. The summed E-state index contributed by atoms with van der Waals surface area (Å²) in [5.74, 6) is 0.828. The highest BCUT2D eigenvalue weighted by Gasteiger charge is 2.32. The van der Waals surface area contributed by atoms with Crippen LogP contribution in [0.3, 0.4) is 0 Å². The highest BCUT2D eigenvalue weighted by atomic mass is 16.3. The third kappa shape index (κ3) is 2.94. The molecule has 1 saturated carbocycles. The lowest BCUT2D eigenvalue weighted by Crippen LogP contribution is -2.38. The van der Waals surface area contributed by atoms with Crippen molar-refractivity contribution in [2.75, 3.05) is 26.2 Å². The Morgan fingerprint density at radius 3 is 2.64 bits per heavy atom. The van der Waals surface area contributed by atoms with Gasteiger partial charge in [0.05, 0.1) is 6.10 Å². The van der Waals surface area contributed by atoms with Gasteiger partial charge in [0.1, 0.15) is 0 Å². The van der Waals surface area contributed by atoms with E-state index in [1.807, 2.05) is 0 Å². The van der Waals surface area contributed by atoms with Crippen molar-refractivity contribution in [3.05, 3.63) is 0 Å². The molecule has 3 atom stereocenters. The number of hydrogen-bond donors (Lipinski definition) is 2. The van der Waals surface area contributed by atoms with Crippen LogP contribution >= 0.6 is 0 Å². The Balaban J connectivity index is 1.56. The molecule has 0 aromatic heterocycles. The maximum absolute atomic E-state index is 9.77. The topological polar surface area (TPSA) is 35.5 Å². The quantitative estimate of drug-likeness (QED) is 0.673. The lowest BCUT2D eigenvalue weighted by atomic mass is 10.3. The Morgan fingerprint density at radius 2 is 2.07 bits per heavy atom. The van der Waals surface area contributed by atoms with Crippen LogP contribution in [0.15, 0.2) is 0 Å². The first-order valence-electron chi connectivity index (χ1n) is 5.89. The van der Waals surface area contributed by atoms with Crippen LogP contribution in [0.25, 0.3) is 0 Å². The Kier molecular flexibility index (Phi) is 3.42. The van der Waals surface area contributed by atoms with Crippen molar-refractivity contribution in [1.82, 2.24) is 10.2 Å². The van der Waals surface area contributed by atoms with Crippen molar-refractivity contribution >= 4 is 0 Å². The third-order valence-corrected chi connectivity index (χ3v) is 3.39. The molecule has 3 unspecified atom stereocenters. The summed E-state index contributed by atoms with van der Waals surface area (Å²) >= 11 is 0. The molecule has 0 aromatic carbocycles. The second kappa shape index (κ2) is 4.60. The number of likely N-dealkylation sites (tertiary alicyclic amines) is 1. The van der Waals surface area contributed by atoms with Gasteiger partial charge < -0.3 is 15.3 Å². The molecule has 0 bridgehead atoms. The van der Waals surface area contributed by atoms with Gasteiger partial charge in [0.2, 0.25) is 0 Å². The largest absolute Gasteiger partial charge is 0.390 e. The van der Waals surface area contributed by atoms with Crippen LogP contribution in [0.4, 0.5) is 0 Å². The number of hydrogen-bond acceptors (Lipinski definition) is 3. The first kappa shape index (κ1) is 10.4. The molecule has 1 saturated heterocycles. The fourth-order valence-corrected chi connectivity index (χ4v) is 2.22. The monoisotopic (exact) mass is 198 g/mol. The predicted molar refractivity (Wildman–Crippen MR) is 57.3 cm³/mol. The van der Waals surface area contributed by atoms with E-state index in [1.165, 1.54) is 32.4 Å². The number of β-amino-alcohol motifs (C(OH)–C–C–N with tert-alkyl or cyclic N) is 1. The standard InChI is InChI=1S/C11H22N2O/c1-9-6-11(9)12-7-10(14)8-13-4-2-3-5-13/h9-12,14H,2-8H2,1H3. The van der Waals surface area contributed by atoms with E-state index in [4.69, 9.17) is 0 Å². The highest BCUT2D eigenvalue weighted by Crippen LogP contribution is 2.28. The molecule has 3 heteroatoms. The van der Waals surface area contributed by atoms with Crippen molar-refractivity contribution in [3.8, 4) is 0 Å². The number of aliphatic hydroxyl groups is 1. The van der Waals surface area contributed by atoms with E-state index in [-0.39, 0.29) is 6.10 Å². The number of rotatable bonds is 5. The molecule has 1 aliphatic carbocycles. The Bertz CT molecular complexity index is 180. The fraction of sp³-hybridized carbons (Fsp3) is 1.00. The molecule has 3 nitrogen and oxygen atoms in total. The predicted octanol–water partition coefficient (Wildman–Crippen LogP) is 0.441. The molecule has 2 rings (SSSR count). The van der Waals surface area contributed by atoms with Gasteiger partial charge in [0.15, 0.2) is 0 Å². The molecule has 1 aliphatic heterocycles. The number of nitrogens with one attached hydrogen (secondary N) is 1. The molecular weight excluding hydrogens is 176 g/mol. The van der Waals surface area contributed by atoms with E-state index in [0.717, 1.165) is 19.0 Å². The summed E-state index contributed by atoms with van der Waals surface area (Å²) in [4.78, 5) is 2.36. The molecule has 2 aliphatic rings. The van der Waals surface area contributed by atoms with Gasteiger partial charge in [-0.3, -0.25) is 0 Å². The Labute approximate surface area is 86.5 Å². The summed E-state index contributed by atoms with van der Waals surface area (Å²) in [6.45, 7) is 6.23. The average Bonchev–Trinajstić information content (AvgIpc) is 2.65. The Morgan fingerprint density at radius 1 is 1.43 bits per heavy atom. The second-order valence-corrected chi connectivity index (χ2v) is 4.89. The average molecular weight is 198 g/mol. The Hall–Kier alpha value is -0.120. The minimum atomic E-state index is -0.180. The minimum Gasteiger partial charge on any atom is -0.390 e. The lowest BCUT2D eigenvalue weighted by Gasteiger charge is -2.19. The van der Waals surface area contributed by atoms with Crippen molar-refractivity contribution in [2.24, 2.45) is 5.92 Å². The van der Waals surface area contributed by atoms with Gasteiger partial charge in [-0.15, -0.1) is 0 Å². The molecule has 0 aromatic rings. The summed E-state index contributed by atoms with van der Waals surface area (Å²) < 4.78 is 0. The van der Waals surface area contributed by atoms with Crippen molar-refractivity contribution < 1.29 is 5.11 Å². The SMILES string of the molecule is CC1CC1NCC(O)CN1CCCC1. The van der Waals surface area contributed by atoms with Gasteiger partial charge in [0, 0.05) is 19.1 Å². The van der Waals surface area contributed by atoms with E-state index < -0.39 is 0 Å². The van der Waals surface area contributed by atoms with Crippen molar-refractivity contribution in [1.29, 1.82) is 0 Å². The van der Waals surface area contributed by atoms with Gasteiger partial charge in [-0.25, -0.2) is 0 Å². The van der Waals surface area contributed by atoms with Crippen molar-refractivity contribution in [3.63, 3.8) is 0 Å². The van der Waals surface area contributed by atoms with Crippen LogP contribution in [-0.2, 0) is 0 Å². The van der Waals surface area contributed by atoms with E-state index in [2.05, 4.69) is 17.1 Å². The molecule has 82 valence electrons. The third-order valence-electron chi connectivity index (χ3n) is 3.39. The molecule has 0 spiro atoms. The number of nitrogens with zero attached hydrogens (tertiary/aromatic N) is 1. The lowest BCUT2D eigenvalue weighted by molar-refractivity contribution is 0.123. The smallest absolute Gasteiger partial charge is 0.0791 e. The molecule has 1 heterocycles. The van der Waals surface area contributed by atoms with E-state index in [9.17, 15) is 5.11 Å². The van der Waals surface area contributed by atoms with Crippen LogP contribution in [0.5, 0.6) is 0 Å². The van der Waals surface area contributed by atoms with Crippen LogP contribution in [0.1, 0.15) is 26.2 Å². The van der Waals surface area contributed by atoms with E-state index in [0.29, 0.717) is 6.04 Å². The van der Waals surface area contributed by atoms with E-state index >= 15 is 0 Å². The highest BCUT2D eigenvalue weighted by molar-refractivity contribution is 4.90. The van der Waals surface area contributed by atoms with Crippen LogP contribution < -0.4 is 5.32 Å². The molecule has 2 fully saturated rings. The second-order valence-electron chi connectivity index (χ2n) is 4.89. The van der Waals surface area contributed by atoms with Gasteiger partial charge in [-0.05, 0) is 38.3 Å². The van der Waals surface area contributed by atoms with Gasteiger partial charge in [0.25, 0.3) is 0 Å². The van der Waals surface area contributed by atoms with Crippen LogP contribution in [0.2, 0.25) is 0 Å². The first-order valence-corrected chi connectivity index (χ1v) is 5.89.